The summed E-state index contributed by atoms with van der Waals surface area (Å²) >= 11 is 1.30. The molecule has 1 fully saturated rings. The van der Waals surface area contributed by atoms with Crippen LogP contribution in [0.1, 0.15) is 23.7 Å². The third kappa shape index (κ3) is 4.39. The first-order valence-electron chi connectivity index (χ1n) is 11.3. The Kier molecular flexibility index (Phi) is 6.26. The van der Waals surface area contributed by atoms with Gasteiger partial charge >= 0.3 is 0 Å². The van der Waals surface area contributed by atoms with E-state index in [-0.39, 0.29) is 17.5 Å². The van der Waals surface area contributed by atoms with Crippen LogP contribution in [0.25, 0.3) is 17.0 Å². The van der Waals surface area contributed by atoms with E-state index in [2.05, 4.69) is 9.56 Å². The van der Waals surface area contributed by atoms with Gasteiger partial charge in [0, 0.05) is 34.3 Å². The van der Waals surface area contributed by atoms with Crippen molar-refractivity contribution in [1.82, 2.24) is 9.47 Å². The van der Waals surface area contributed by atoms with Gasteiger partial charge in [-0.05, 0) is 68.1 Å². The van der Waals surface area contributed by atoms with Crippen LogP contribution in [0.3, 0.4) is 0 Å². The molecular weight excluding hydrogens is 464 g/mol. The van der Waals surface area contributed by atoms with E-state index >= 15 is 0 Å². The number of nitrogens with zero attached hydrogens (tertiary/aromatic N) is 3. The van der Waals surface area contributed by atoms with E-state index in [0.717, 1.165) is 22.2 Å². The summed E-state index contributed by atoms with van der Waals surface area (Å²) in [6, 6.07) is 20.6. The topological polar surface area (TPSA) is 37.6 Å². The average molecular weight is 488 g/mol. The summed E-state index contributed by atoms with van der Waals surface area (Å²) < 4.78 is 29.8. The fraction of sp³-hybridized carbons (Fsp3) is 0.143. The van der Waals surface area contributed by atoms with Gasteiger partial charge in [0.15, 0.2) is 5.17 Å². The SMILES string of the molecule is CCN1C(=O)/C(=C\c2c(C)n(Cc3ccccc3F)c3ccccc23)SC1=Nc1ccc(F)cc1. The Balaban J connectivity index is 1.57. The number of amides is 1. The molecule has 7 heteroatoms. The van der Waals surface area contributed by atoms with E-state index < -0.39 is 0 Å². The largest absolute Gasteiger partial charge is 0.340 e. The lowest BCUT2D eigenvalue weighted by Gasteiger charge is -2.11. The van der Waals surface area contributed by atoms with E-state index in [1.54, 1.807) is 29.2 Å². The zero-order chi connectivity index (χ0) is 24.5. The number of likely N-dealkylation sites (N-methyl/N-ethyl adjacent to an activating group) is 1. The van der Waals surface area contributed by atoms with Crippen LogP contribution >= 0.6 is 11.8 Å². The maximum Gasteiger partial charge on any atom is 0.266 e. The summed E-state index contributed by atoms with van der Waals surface area (Å²) in [7, 11) is 0. The number of aliphatic imine (C=N–C) groups is 1. The number of rotatable bonds is 5. The zero-order valence-corrected chi connectivity index (χ0v) is 20.2. The number of carbonyl (C=O) groups excluding carboxylic acids is 1. The van der Waals surface area contributed by atoms with Gasteiger partial charge in [-0.2, -0.15) is 0 Å². The maximum absolute atomic E-state index is 14.4. The van der Waals surface area contributed by atoms with Crippen molar-refractivity contribution in [1.29, 1.82) is 0 Å². The number of aromatic nitrogens is 1. The van der Waals surface area contributed by atoms with Crippen LogP contribution in [0, 0.1) is 18.6 Å². The van der Waals surface area contributed by atoms with Gasteiger partial charge in [-0.1, -0.05) is 36.4 Å². The van der Waals surface area contributed by atoms with Gasteiger partial charge in [-0.25, -0.2) is 13.8 Å². The molecule has 0 radical (unpaired) electrons. The van der Waals surface area contributed by atoms with Gasteiger partial charge in [0.05, 0.1) is 17.1 Å². The monoisotopic (exact) mass is 487 g/mol. The molecule has 1 aliphatic heterocycles. The molecule has 5 rings (SSSR count). The van der Waals surface area contributed by atoms with E-state index in [1.807, 2.05) is 50.3 Å². The van der Waals surface area contributed by atoms with Gasteiger partial charge in [-0.3, -0.25) is 9.69 Å². The van der Waals surface area contributed by atoms with Gasteiger partial charge < -0.3 is 4.57 Å². The lowest BCUT2D eigenvalue weighted by Crippen LogP contribution is -2.28. The molecule has 0 aliphatic carbocycles. The van der Waals surface area contributed by atoms with Crippen molar-refractivity contribution in [2.45, 2.75) is 20.4 Å². The summed E-state index contributed by atoms with van der Waals surface area (Å²) in [5.74, 6) is -0.700. The maximum atomic E-state index is 14.4. The smallest absolute Gasteiger partial charge is 0.266 e. The van der Waals surface area contributed by atoms with E-state index in [0.29, 0.717) is 34.4 Å². The molecule has 1 aromatic heterocycles. The minimum absolute atomic E-state index is 0.122. The Morgan fingerprint density at radius 3 is 2.43 bits per heavy atom. The molecule has 0 saturated carbocycles. The summed E-state index contributed by atoms with van der Waals surface area (Å²) in [4.78, 5) is 20.0. The Morgan fingerprint density at radius 1 is 0.971 bits per heavy atom. The molecule has 4 nitrogen and oxygen atoms in total. The van der Waals surface area contributed by atoms with E-state index in [4.69, 9.17) is 0 Å². The first-order chi connectivity index (χ1) is 17.0. The molecule has 35 heavy (non-hydrogen) atoms. The second-order valence-electron chi connectivity index (χ2n) is 8.22. The molecule has 0 unspecified atom stereocenters. The minimum atomic E-state index is -0.334. The number of halogens is 2. The van der Waals surface area contributed by atoms with Crippen molar-refractivity contribution in [3.63, 3.8) is 0 Å². The predicted octanol–water partition coefficient (Wildman–Crippen LogP) is 6.90. The van der Waals surface area contributed by atoms with Crippen LogP contribution in [0.2, 0.25) is 0 Å². The summed E-state index contributed by atoms with van der Waals surface area (Å²) in [5, 5.41) is 1.55. The summed E-state index contributed by atoms with van der Waals surface area (Å²) in [6.45, 7) is 4.74. The fourth-order valence-corrected chi connectivity index (χ4v) is 5.31. The van der Waals surface area contributed by atoms with Crippen LogP contribution < -0.4 is 0 Å². The van der Waals surface area contributed by atoms with Crippen molar-refractivity contribution in [2.24, 2.45) is 4.99 Å². The highest BCUT2D eigenvalue weighted by atomic mass is 32.2. The molecular formula is C28H23F2N3OS. The molecule has 1 aliphatic rings. The van der Waals surface area contributed by atoms with Crippen molar-refractivity contribution in [3.05, 3.63) is 106 Å². The number of hydrogen-bond acceptors (Lipinski definition) is 3. The molecule has 1 saturated heterocycles. The summed E-state index contributed by atoms with van der Waals surface area (Å²) in [6.07, 6.45) is 1.90. The van der Waals surface area contributed by atoms with E-state index in [1.165, 1.54) is 30.0 Å². The molecule has 1 amide bonds. The number of amidine groups is 1. The normalized spacial score (nSPS) is 16.2. The van der Waals surface area contributed by atoms with Crippen molar-refractivity contribution in [2.75, 3.05) is 6.54 Å². The highest BCUT2D eigenvalue weighted by molar-refractivity contribution is 8.18. The highest BCUT2D eigenvalue weighted by Crippen LogP contribution is 2.37. The Labute approximate surface area is 206 Å². The molecule has 0 spiro atoms. The minimum Gasteiger partial charge on any atom is -0.340 e. The van der Waals surface area contributed by atoms with Crippen LogP contribution in [0.5, 0.6) is 0 Å². The standard InChI is InChI=1S/C28H23F2N3OS/c1-3-32-27(34)26(35-28(32)31-21-14-12-20(29)13-15-21)16-23-18(2)33(25-11-7-5-9-22(23)25)17-19-8-4-6-10-24(19)30/h4-16H,3,17H2,1-2H3/b26-16+,31-28?. The number of para-hydroxylation sites is 1. The van der Waals surface area contributed by atoms with Crippen molar-refractivity contribution in [3.8, 4) is 0 Å². The first kappa shape index (κ1) is 23.1. The van der Waals surface area contributed by atoms with Gasteiger partial charge in [0.2, 0.25) is 0 Å². The number of benzene rings is 3. The molecule has 0 atom stereocenters. The lowest BCUT2D eigenvalue weighted by molar-refractivity contribution is -0.122. The molecule has 0 bridgehead atoms. The number of thioether (sulfide) groups is 1. The zero-order valence-electron chi connectivity index (χ0n) is 19.3. The lowest BCUT2D eigenvalue weighted by atomic mass is 10.1. The van der Waals surface area contributed by atoms with Crippen molar-refractivity contribution < 1.29 is 13.6 Å². The van der Waals surface area contributed by atoms with E-state index in [9.17, 15) is 13.6 Å². The van der Waals surface area contributed by atoms with Crippen LogP contribution in [-0.2, 0) is 11.3 Å². The highest BCUT2D eigenvalue weighted by Gasteiger charge is 2.32. The third-order valence-electron chi connectivity index (χ3n) is 6.10. The van der Waals surface area contributed by atoms with Crippen LogP contribution in [0.4, 0.5) is 14.5 Å². The Hall–Kier alpha value is -3.71. The Morgan fingerprint density at radius 2 is 1.69 bits per heavy atom. The molecule has 0 N–H and O–H groups in total. The fourth-order valence-electron chi connectivity index (χ4n) is 4.27. The summed E-state index contributed by atoms with van der Waals surface area (Å²) in [5.41, 5.74) is 4.03. The number of carbonyl (C=O) groups is 1. The first-order valence-corrected chi connectivity index (χ1v) is 12.1. The second-order valence-corrected chi connectivity index (χ2v) is 9.23. The Bertz CT molecular complexity index is 1490. The van der Waals surface area contributed by atoms with Crippen LogP contribution in [0.15, 0.2) is 82.7 Å². The predicted molar refractivity (Wildman–Crippen MR) is 139 cm³/mol. The van der Waals surface area contributed by atoms with Crippen molar-refractivity contribution >= 4 is 45.5 Å². The number of hydrogen-bond donors (Lipinski definition) is 0. The van der Waals surface area contributed by atoms with Gasteiger partial charge in [-0.15, -0.1) is 0 Å². The molecule has 3 aromatic carbocycles. The molecule has 176 valence electrons. The number of fused-ring (bicyclic) bond motifs is 1. The third-order valence-corrected chi connectivity index (χ3v) is 7.10. The van der Waals surface area contributed by atoms with Gasteiger partial charge in [0.25, 0.3) is 5.91 Å². The van der Waals surface area contributed by atoms with Gasteiger partial charge in [0.1, 0.15) is 11.6 Å². The quantitative estimate of drug-likeness (QED) is 0.287. The second kappa shape index (κ2) is 9.50. The molecule has 2 heterocycles. The van der Waals surface area contributed by atoms with Crippen LogP contribution in [-0.4, -0.2) is 27.1 Å². The molecule has 4 aromatic rings. The average Bonchev–Trinajstić information content (AvgIpc) is 3.30.